The van der Waals surface area contributed by atoms with Crippen molar-refractivity contribution in [2.45, 2.75) is 11.8 Å². The van der Waals surface area contributed by atoms with Crippen LogP contribution in [-0.2, 0) is 9.59 Å². The fourth-order valence-corrected chi connectivity index (χ4v) is 3.05. The van der Waals surface area contributed by atoms with Crippen molar-refractivity contribution in [1.82, 2.24) is 0 Å². The van der Waals surface area contributed by atoms with E-state index in [-0.39, 0.29) is 23.3 Å². The lowest BCUT2D eigenvalue weighted by Crippen LogP contribution is -2.18. The first-order valence-electron chi connectivity index (χ1n) is 7.45. The van der Waals surface area contributed by atoms with Crippen LogP contribution in [0.1, 0.15) is 5.56 Å². The Bertz CT molecular complexity index is 702. The van der Waals surface area contributed by atoms with Gasteiger partial charge in [-0.25, -0.2) is 0 Å². The summed E-state index contributed by atoms with van der Waals surface area (Å²) in [5.74, 6) is 0.265. The molecule has 0 fully saturated rings. The number of thioether (sulfide) groups is 2. The number of nitrogens with one attached hydrogen (secondary N) is 2. The Morgan fingerprint density at radius 3 is 2.12 bits per heavy atom. The average Bonchev–Trinajstić information content (AvgIpc) is 2.55. The third-order valence-corrected chi connectivity index (χ3v) is 4.82. The molecule has 0 spiro atoms. The molecule has 0 heterocycles. The van der Waals surface area contributed by atoms with E-state index < -0.39 is 0 Å². The number of carbonyl (C=O) groups is 2. The molecule has 0 bridgehead atoms. The molecule has 2 rings (SSSR count). The van der Waals surface area contributed by atoms with Crippen LogP contribution in [0.4, 0.5) is 11.4 Å². The van der Waals surface area contributed by atoms with Crippen molar-refractivity contribution in [3.05, 3.63) is 54.1 Å². The summed E-state index contributed by atoms with van der Waals surface area (Å²) in [6, 6.07) is 15.3. The molecule has 2 amide bonds. The minimum absolute atomic E-state index is 0.109. The lowest BCUT2D eigenvalue weighted by atomic mass is 10.2. The maximum absolute atomic E-state index is 11.9. The predicted octanol–water partition coefficient (Wildman–Crippen LogP) is 4.03. The second kappa shape index (κ2) is 9.39. The van der Waals surface area contributed by atoms with Crippen molar-refractivity contribution in [3.63, 3.8) is 0 Å². The molecule has 2 N–H and O–H groups in total. The molecule has 24 heavy (non-hydrogen) atoms. The first kappa shape index (κ1) is 18.4. The number of hydrogen-bond donors (Lipinski definition) is 2. The summed E-state index contributed by atoms with van der Waals surface area (Å²) in [5.41, 5.74) is 2.63. The van der Waals surface area contributed by atoms with Crippen LogP contribution < -0.4 is 10.6 Å². The largest absolute Gasteiger partial charge is 0.325 e. The van der Waals surface area contributed by atoms with Crippen molar-refractivity contribution in [1.29, 1.82) is 0 Å². The zero-order valence-corrected chi connectivity index (χ0v) is 15.3. The van der Waals surface area contributed by atoms with Gasteiger partial charge in [0.2, 0.25) is 11.8 Å². The highest BCUT2D eigenvalue weighted by atomic mass is 32.2. The first-order valence-corrected chi connectivity index (χ1v) is 9.83. The molecule has 0 radical (unpaired) electrons. The van der Waals surface area contributed by atoms with Crippen LogP contribution in [-0.4, -0.2) is 29.6 Å². The van der Waals surface area contributed by atoms with Gasteiger partial charge in [0.1, 0.15) is 0 Å². The highest BCUT2D eigenvalue weighted by Gasteiger charge is 2.07. The van der Waals surface area contributed by atoms with Crippen LogP contribution in [0.3, 0.4) is 0 Å². The minimum atomic E-state index is -0.111. The summed E-state index contributed by atoms with van der Waals surface area (Å²) in [6.45, 7) is 1.97. The summed E-state index contributed by atoms with van der Waals surface area (Å²) >= 11 is 2.95. The molecule has 2 aromatic carbocycles. The third kappa shape index (κ3) is 6.29. The van der Waals surface area contributed by atoms with E-state index in [9.17, 15) is 9.59 Å². The molecule has 0 aliphatic carbocycles. The standard InChI is InChI=1S/C18H20N2O2S2/c1-13-4-3-5-15(10-13)20-18(22)12-24-11-17(21)19-14-6-8-16(23-2)9-7-14/h3-10H,11-12H2,1-2H3,(H,19,21)(H,20,22). The number of hydrogen-bond acceptors (Lipinski definition) is 4. The van der Waals surface area contributed by atoms with E-state index >= 15 is 0 Å². The molecule has 6 heteroatoms. The zero-order valence-electron chi connectivity index (χ0n) is 13.7. The van der Waals surface area contributed by atoms with Gasteiger partial charge in [-0.3, -0.25) is 9.59 Å². The molecular weight excluding hydrogens is 340 g/mol. The van der Waals surface area contributed by atoms with E-state index in [2.05, 4.69) is 10.6 Å². The van der Waals surface area contributed by atoms with Gasteiger partial charge < -0.3 is 10.6 Å². The summed E-state index contributed by atoms with van der Waals surface area (Å²) in [4.78, 5) is 24.9. The van der Waals surface area contributed by atoms with E-state index in [1.165, 1.54) is 11.8 Å². The summed E-state index contributed by atoms with van der Waals surface area (Å²) < 4.78 is 0. The highest BCUT2D eigenvalue weighted by Crippen LogP contribution is 2.17. The molecule has 0 aromatic heterocycles. The number of benzene rings is 2. The van der Waals surface area contributed by atoms with E-state index in [0.717, 1.165) is 21.8 Å². The lowest BCUT2D eigenvalue weighted by Gasteiger charge is -2.07. The monoisotopic (exact) mass is 360 g/mol. The van der Waals surface area contributed by atoms with Gasteiger partial charge in [-0.15, -0.1) is 23.5 Å². The molecule has 0 saturated carbocycles. The van der Waals surface area contributed by atoms with Gasteiger partial charge in [0.05, 0.1) is 11.5 Å². The maximum Gasteiger partial charge on any atom is 0.234 e. The number of anilines is 2. The van der Waals surface area contributed by atoms with E-state index in [1.54, 1.807) is 11.8 Å². The van der Waals surface area contributed by atoms with Crippen LogP contribution in [0.25, 0.3) is 0 Å². The van der Waals surface area contributed by atoms with Crippen LogP contribution >= 0.6 is 23.5 Å². The molecule has 0 aliphatic heterocycles. The molecule has 4 nitrogen and oxygen atoms in total. The second-order valence-electron chi connectivity index (χ2n) is 5.19. The van der Waals surface area contributed by atoms with Crippen LogP contribution in [0.2, 0.25) is 0 Å². The van der Waals surface area contributed by atoms with Crippen LogP contribution in [0, 0.1) is 6.92 Å². The Hall–Kier alpha value is -1.92. The van der Waals surface area contributed by atoms with Gasteiger partial charge in [0.15, 0.2) is 0 Å². The molecule has 0 unspecified atom stereocenters. The van der Waals surface area contributed by atoms with Gasteiger partial charge in [0.25, 0.3) is 0 Å². The van der Waals surface area contributed by atoms with E-state index in [0.29, 0.717) is 0 Å². The molecule has 0 atom stereocenters. The number of amides is 2. The molecule has 0 saturated heterocycles. The fourth-order valence-electron chi connectivity index (χ4n) is 2.03. The Kier molecular flexibility index (Phi) is 7.21. The Labute approximate surface area is 150 Å². The van der Waals surface area contributed by atoms with Crippen LogP contribution in [0.5, 0.6) is 0 Å². The van der Waals surface area contributed by atoms with Crippen LogP contribution in [0.15, 0.2) is 53.4 Å². The smallest absolute Gasteiger partial charge is 0.234 e. The third-order valence-electron chi connectivity index (χ3n) is 3.14. The Balaban J connectivity index is 1.70. The van der Waals surface area contributed by atoms with E-state index in [1.807, 2.05) is 61.7 Å². The van der Waals surface area contributed by atoms with Crippen molar-refractivity contribution >= 4 is 46.7 Å². The first-order chi connectivity index (χ1) is 11.6. The Morgan fingerprint density at radius 1 is 0.917 bits per heavy atom. The SMILES string of the molecule is CSc1ccc(NC(=O)CSCC(=O)Nc2cccc(C)c2)cc1. The molecule has 2 aromatic rings. The highest BCUT2D eigenvalue weighted by molar-refractivity contribution is 8.00. The Morgan fingerprint density at radius 2 is 1.54 bits per heavy atom. The number of rotatable bonds is 7. The maximum atomic E-state index is 11.9. The van der Waals surface area contributed by atoms with Gasteiger partial charge in [0, 0.05) is 16.3 Å². The van der Waals surface area contributed by atoms with E-state index in [4.69, 9.17) is 0 Å². The summed E-state index contributed by atoms with van der Waals surface area (Å²) in [7, 11) is 0. The number of carbonyl (C=O) groups excluding carboxylic acids is 2. The van der Waals surface area contributed by atoms with Crippen molar-refractivity contribution in [2.24, 2.45) is 0 Å². The second-order valence-corrected chi connectivity index (χ2v) is 7.05. The lowest BCUT2D eigenvalue weighted by molar-refractivity contribution is -0.114. The van der Waals surface area contributed by atoms with Crippen molar-refractivity contribution < 1.29 is 9.59 Å². The van der Waals surface area contributed by atoms with Crippen molar-refractivity contribution in [2.75, 3.05) is 28.4 Å². The minimum Gasteiger partial charge on any atom is -0.325 e. The van der Waals surface area contributed by atoms with Gasteiger partial charge in [-0.2, -0.15) is 0 Å². The molecule has 0 aliphatic rings. The molecular formula is C18H20N2O2S2. The van der Waals surface area contributed by atoms with Gasteiger partial charge in [-0.05, 0) is 55.1 Å². The van der Waals surface area contributed by atoms with Gasteiger partial charge in [-0.1, -0.05) is 12.1 Å². The summed E-state index contributed by atoms with van der Waals surface area (Å²) in [6.07, 6.45) is 2.01. The predicted molar refractivity (Wildman–Crippen MR) is 104 cm³/mol. The quantitative estimate of drug-likeness (QED) is 0.732. The zero-order chi connectivity index (χ0) is 17.4. The normalized spacial score (nSPS) is 10.2. The number of aryl methyl sites for hydroxylation is 1. The van der Waals surface area contributed by atoms with Gasteiger partial charge >= 0.3 is 0 Å². The summed E-state index contributed by atoms with van der Waals surface area (Å²) in [5, 5.41) is 5.65. The van der Waals surface area contributed by atoms with Crippen molar-refractivity contribution in [3.8, 4) is 0 Å². The average molecular weight is 361 g/mol. The molecule has 126 valence electrons. The topological polar surface area (TPSA) is 58.2 Å². The fraction of sp³-hybridized carbons (Fsp3) is 0.222.